The molecule has 0 aliphatic carbocycles. The molecule has 2 amide bonds. The van der Waals surface area contributed by atoms with E-state index in [4.69, 9.17) is 9.47 Å². The minimum atomic E-state index is -0.640. The summed E-state index contributed by atoms with van der Waals surface area (Å²) in [4.78, 5) is 36.6. The summed E-state index contributed by atoms with van der Waals surface area (Å²) in [6.07, 6.45) is -0.787. The largest absolute Gasteiger partial charge is 0.458 e. The molecule has 3 rings (SSSR count). The molecular weight excluding hydrogens is 286 g/mol. The summed E-state index contributed by atoms with van der Waals surface area (Å²) in [5, 5.41) is 0. The zero-order chi connectivity index (χ0) is 15.7. The number of hydrogen-bond acceptors (Lipinski definition) is 5. The van der Waals surface area contributed by atoms with Crippen molar-refractivity contribution in [3.8, 4) is 0 Å². The Kier molecular flexibility index (Phi) is 3.94. The Morgan fingerprint density at radius 1 is 1.32 bits per heavy atom. The number of benzene rings is 1. The zero-order valence-corrected chi connectivity index (χ0v) is 12.2. The lowest BCUT2D eigenvalue weighted by atomic mass is 10.1. The molecule has 2 heterocycles. The average molecular weight is 303 g/mol. The fourth-order valence-electron chi connectivity index (χ4n) is 2.71. The number of aryl methyl sites for hydroxylation is 1. The highest BCUT2D eigenvalue weighted by molar-refractivity contribution is 5.99. The normalized spacial score (nSPS) is 26.3. The van der Waals surface area contributed by atoms with Crippen molar-refractivity contribution in [2.45, 2.75) is 38.1 Å². The first-order valence-electron chi connectivity index (χ1n) is 7.27. The van der Waals surface area contributed by atoms with Gasteiger partial charge in [-0.3, -0.25) is 19.3 Å². The van der Waals surface area contributed by atoms with Crippen LogP contribution in [0.5, 0.6) is 0 Å². The van der Waals surface area contributed by atoms with E-state index < -0.39 is 24.3 Å². The Balaban J connectivity index is 1.61. The SMILES string of the molecule is CC(=O)OC1CN(C(=O)CCc2ccccc2)C(=O)C2OC12. The molecular formula is C16H17NO5. The van der Waals surface area contributed by atoms with E-state index in [1.54, 1.807) is 0 Å². The Bertz CT molecular complexity index is 600. The van der Waals surface area contributed by atoms with Gasteiger partial charge in [0.05, 0.1) is 6.54 Å². The van der Waals surface area contributed by atoms with Crippen LogP contribution in [-0.4, -0.2) is 47.5 Å². The number of piperidine rings is 1. The second-order valence-corrected chi connectivity index (χ2v) is 5.50. The zero-order valence-electron chi connectivity index (χ0n) is 12.2. The minimum Gasteiger partial charge on any atom is -0.458 e. The first-order chi connectivity index (χ1) is 10.6. The summed E-state index contributed by atoms with van der Waals surface area (Å²) in [5.74, 6) is -1.03. The van der Waals surface area contributed by atoms with Gasteiger partial charge in [-0.2, -0.15) is 0 Å². The maximum atomic E-state index is 12.3. The highest BCUT2D eigenvalue weighted by Crippen LogP contribution is 2.34. The number of hydrogen-bond donors (Lipinski definition) is 0. The second-order valence-electron chi connectivity index (χ2n) is 5.50. The van der Waals surface area contributed by atoms with Gasteiger partial charge in [0.15, 0.2) is 6.10 Å². The fraction of sp³-hybridized carbons (Fsp3) is 0.438. The number of carbonyl (C=O) groups is 3. The maximum absolute atomic E-state index is 12.3. The standard InChI is InChI=1S/C16H17NO5/c1-10(18)21-12-9-17(16(20)15-14(12)22-15)13(19)8-7-11-5-3-2-4-6-11/h2-6,12,14-15H,7-9H2,1H3. The van der Waals surface area contributed by atoms with Crippen molar-refractivity contribution in [1.82, 2.24) is 4.90 Å². The number of nitrogens with zero attached hydrogens (tertiary/aromatic N) is 1. The molecule has 0 radical (unpaired) electrons. The van der Waals surface area contributed by atoms with E-state index in [1.165, 1.54) is 6.92 Å². The highest BCUT2D eigenvalue weighted by atomic mass is 16.6. The molecule has 6 nitrogen and oxygen atoms in total. The molecule has 1 aromatic rings. The summed E-state index contributed by atoms with van der Waals surface area (Å²) in [6.45, 7) is 1.38. The Morgan fingerprint density at radius 2 is 2.05 bits per heavy atom. The average Bonchev–Trinajstić information content (AvgIpc) is 3.29. The van der Waals surface area contributed by atoms with Crippen molar-refractivity contribution in [2.24, 2.45) is 0 Å². The summed E-state index contributed by atoms with van der Waals surface area (Å²) < 4.78 is 10.4. The molecule has 2 aliphatic rings. The Morgan fingerprint density at radius 3 is 2.73 bits per heavy atom. The minimum absolute atomic E-state index is 0.0766. The van der Waals surface area contributed by atoms with Gasteiger partial charge >= 0.3 is 5.97 Å². The molecule has 0 spiro atoms. The van der Waals surface area contributed by atoms with Crippen LogP contribution in [-0.2, 0) is 30.3 Å². The van der Waals surface area contributed by atoms with Gasteiger partial charge < -0.3 is 9.47 Å². The van der Waals surface area contributed by atoms with Gasteiger partial charge in [0.2, 0.25) is 5.91 Å². The number of likely N-dealkylation sites (tertiary alicyclic amines) is 1. The summed E-state index contributed by atoms with van der Waals surface area (Å²) >= 11 is 0. The van der Waals surface area contributed by atoms with Crippen LogP contribution in [0, 0.1) is 0 Å². The molecule has 0 saturated carbocycles. The lowest BCUT2D eigenvalue weighted by molar-refractivity contribution is -0.157. The number of carbonyl (C=O) groups excluding carboxylic acids is 3. The van der Waals surface area contributed by atoms with E-state index in [-0.39, 0.29) is 24.8 Å². The Hall–Kier alpha value is -2.21. The summed E-state index contributed by atoms with van der Waals surface area (Å²) in [7, 11) is 0. The van der Waals surface area contributed by atoms with E-state index in [0.717, 1.165) is 10.5 Å². The van der Waals surface area contributed by atoms with Crippen molar-refractivity contribution < 1.29 is 23.9 Å². The van der Waals surface area contributed by atoms with Gasteiger partial charge in [-0.25, -0.2) is 0 Å². The number of imide groups is 1. The van der Waals surface area contributed by atoms with Crippen LogP contribution in [0.3, 0.4) is 0 Å². The molecule has 3 atom stereocenters. The molecule has 2 aliphatic heterocycles. The van der Waals surface area contributed by atoms with Gasteiger partial charge in [-0.05, 0) is 12.0 Å². The van der Waals surface area contributed by atoms with Crippen LogP contribution in [0.4, 0.5) is 0 Å². The van der Waals surface area contributed by atoms with Crippen LogP contribution >= 0.6 is 0 Å². The number of rotatable bonds is 4. The number of esters is 1. The van der Waals surface area contributed by atoms with Gasteiger partial charge in [0.25, 0.3) is 5.91 Å². The molecule has 1 aromatic carbocycles. The Labute approximate surface area is 128 Å². The lowest BCUT2D eigenvalue weighted by Gasteiger charge is -2.28. The molecule has 0 aromatic heterocycles. The second kappa shape index (κ2) is 5.88. The lowest BCUT2D eigenvalue weighted by Crippen LogP contribution is -2.51. The smallest absolute Gasteiger partial charge is 0.303 e. The van der Waals surface area contributed by atoms with Crippen LogP contribution in [0.25, 0.3) is 0 Å². The molecule has 0 N–H and O–H groups in total. The topological polar surface area (TPSA) is 76.2 Å². The fourth-order valence-corrected chi connectivity index (χ4v) is 2.71. The van der Waals surface area contributed by atoms with Gasteiger partial charge in [0, 0.05) is 13.3 Å². The van der Waals surface area contributed by atoms with Crippen LogP contribution in [0.1, 0.15) is 18.9 Å². The predicted octanol–water partition coefficient (Wildman–Crippen LogP) is 0.687. The van der Waals surface area contributed by atoms with Crippen molar-refractivity contribution in [3.63, 3.8) is 0 Å². The van der Waals surface area contributed by atoms with Crippen molar-refractivity contribution in [1.29, 1.82) is 0 Å². The number of ether oxygens (including phenoxy) is 2. The van der Waals surface area contributed by atoms with Gasteiger partial charge in [0.1, 0.15) is 12.2 Å². The predicted molar refractivity (Wildman–Crippen MR) is 75.7 cm³/mol. The molecule has 2 fully saturated rings. The number of epoxide rings is 1. The number of amides is 2. The van der Waals surface area contributed by atoms with E-state index in [9.17, 15) is 14.4 Å². The number of fused-ring (bicyclic) bond motifs is 1. The monoisotopic (exact) mass is 303 g/mol. The maximum Gasteiger partial charge on any atom is 0.303 e. The van der Waals surface area contributed by atoms with Crippen molar-refractivity contribution >= 4 is 17.8 Å². The molecule has 22 heavy (non-hydrogen) atoms. The van der Waals surface area contributed by atoms with Gasteiger partial charge in [-0.1, -0.05) is 30.3 Å². The summed E-state index contributed by atoms with van der Waals surface area (Å²) in [6, 6.07) is 9.60. The molecule has 0 bridgehead atoms. The van der Waals surface area contributed by atoms with Crippen LogP contribution in [0.15, 0.2) is 30.3 Å². The summed E-state index contributed by atoms with van der Waals surface area (Å²) in [5.41, 5.74) is 1.04. The highest BCUT2D eigenvalue weighted by Gasteiger charge is 2.58. The van der Waals surface area contributed by atoms with Crippen molar-refractivity contribution in [3.05, 3.63) is 35.9 Å². The van der Waals surface area contributed by atoms with Crippen LogP contribution < -0.4 is 0 Å². The van der Waals surface area contributed by atoms with E-state index >= 15 is 0 Å². The third-order valence-corrected chi connectivity index (χ3v) is 3.85. The first-order valence-corrected chi connectivity index (χ1v) is 7.27. The van der Waals surface area contributed by atoms with E-state index in [0.29, 0.717) is 6.42 Å². The first kappa shape index (κ1) is 14.7. The third kappa shape index (κ3) is 3.01. The van der Waals surface area contributed by atoms with Crippen LogP contribution in [0.2, 0.25) is 0 Å². The third-order valence-electron chi connectivity index (χ3n) is 3.85. The molecule has 6 heteroatoms. The van der Waals surface area contributed by atoms with Crippen molar-refractivity contribution in [2.75, 3.05) is 6.54 Å². The van der Waals surface area contributed by atoms with E-state index in [2.05, 4.69) is 0 Å². The quantitative estimate of drug-likeness (QED) is 0.604. The molecule has 2 saturated heterocycles. The van der Waals surface area contributed by atoms with Gasteiger partial charge in [-0.15, -0.1) is 0 Å². The molecule has 3 unspecified atom stereocenters. The molecule has 116 valence electrons. The van der Waals surface area contributed by atoms with E-state index in [1.807, 2.05) is 30.3 Å².